The van der Waals surface area contributed by atoms with Gasteiger partial charge in [0.05, 0.1) is 0 Å². The molecule has 0 spiro atoms. The Morgan fingerprint density at radius 2 is 1.86 bits per heavy atom. The minimum atomic E-state index is 0.778. The normalized spacial score (nSPS) is 31.6. The molecule has 0 N–H and O–H groups in total. The van der Waals surface area contributed by atoms with E-state index < -0.39 is 0 Å². The lowest BCUT2D eigenvalue weighted by Gasteiger charge is -2.45. The third-order valence-corrected chi connectivity index (χ3v) is 4.45. The fraction of sp³-hybridized carbons (Fsp3) is 0.857. The van der Waals surface area contributed by atoms with Gasteiger partial charge in [0.15, 0.2) is 0 Å². The minimum absolute atomic E-state index is 0.778. The summed E-state index contributed by atoms with van der Waals surface area (Å²) < 4.78 is 0. The Bertz CT molecular complexity index is 188. The molecule has 0 aliphatic heterocycles. The molecule has 1 aliphatic rings. The Morgan fingerprint density at radius 3 is 2.21 bits per heavy atom. The molecule has 0 aromatic heterocycles. The van der Waals surface area contributed by atoms with Gasteiger partial charge in [0.1, 0.15) is 0 Å². The molecule has 3 unspecified atom stereocenters. The molecule has 1 fully saturated rings. The first-order valence-electron chi connectivity index (χ1n) is 6.34. The van der Waals surface area contributed by atoms with Gasteiger partial charge in [-0.05, 0) is 42.9 Å². The van der Waals surface area contributed by atoms with Crippen LogP contribution < -0.4 is 0 Å². The fourth-order valence-corrected chi connectivity index (χ4v) is 3.03. The Morgan fingerprint density at radius 1 is 1.29 bits per heavy atom. The summed E-state index contributed by atoms with van der Waals surface area (Å²) >= 11 is 0. The Labute approximate surface area is 89.8 Å². The van der Waals surface area contributed by atoms with Gasteiger partial charge in [-0.1, -0.05) is 46.3 Å². The van der Waals surface area contributed by atoms with Gasteiger partial charge in [-0.15, -0.1) is 0 Å². The molecule has 0 aromatic rings. The summed E-state index contributed by atoms with van der Waals surface area (Å²) in [6.07, 6.45) is 5.31. The van der Waals surface area contributed by atoms with E-state index in [1.54, 1.807) is 5.57 Å². The fourth-order valence-electron chi connectivity index (χ4n) is 3.03. The largest absolute Gasteiger partial charge is 0.0993 e. The topological polar surface area (TPSA) is 0 Å². The summed E-state index contributed by atoms with van der Waals surface area (Å²) in [5.74, 6) is 3.49. The highest BCUT2D eigenvalue weighted by Crippen LogP contribution is 2.48. The average Bonchev–Trinajstić information content (AvgIpc) is 2.18. The Balaban J connectivity index is 2.47. The summed E-state index contributed by atoms with van der Waals surface area (Å²) in [6, 6.07) is 0. The molecule has 14 heavy (non-hydrogen) atoms. The predicted octanol–water partition coefficient (Wildman–Crippen LogP) is 4.66. The van der Waals surface area contributed by atoms with Crippen molar-refractivity contribution in [1.29, 1.82) is 0 Å². The van der Waals surface area contributed by atoms with Crippen LogP contribution in [0.1, 0.15) is 53.4 Å². The van der Waals surface area contributed by atoms with Crippen LogP contribution >= 0.6 is 0 Å². The maximum absolute atomic E-state index is 4.34. The van der Waals surface area contributed by atoms with E-state index in [-0.39, 0.29) is 0 Å². The maximum Gasteiger partial charge on any atom is -0.0172 e. The van der Waals surface area contributed by atoms with E-state index in [1.807, 2.05) is 0 Å². The van der Waals surface area contributed by atoms with Crippen molar-refractivity contribution in [2.45, 2.75) is 53.4 Å². The highest BCUT2D eigenvalue weighted by atomic mass is 14.4. The van der Waals surface area contributed by atoms with Crippen molar-refractivity contribution in [2.75, 3.05) is 0 Å². The van der Waals surface area contributed by atoms with Crippen LogP contribution in [0, 0.1) is 23.7 Å². The Kier molecular flexibility index (Phi) is 4.22. The quantitative estimate of drug-likeness (QED) is 0.558. The molecular weight excluding hydrogens is 168 g/mol. The number of allylic oxidation sites excluding steroid dienone is 1. The standard InChI is InChI=1S/C14H26/c1-6-12(7-2)10(4)14-9-13(8-3)11(14)5/h11-14H,4,6-9H2,1-3,5H3. The van der Waals surface area contributed by atoms with E-state index in [0.717, 1.165) is 23.7 Å². The lowest BCUT2D eigenvalue weighted by molar-refractivity contribution is 0.104. The van der Waals surface area contributed by atoms with Gasteiger partial charge < -0.3 is 0 Å². The van der Waals surface area contributed by atoms with Crippen molar-refractivity contribution in [2.24, 2.45) is 23.7 Å². The van der Waals surface area contributed by atoms with Crippen LogP contribution in [-0.2, 0) is 0 Å². The average molecular weight is 194 g/mol. The second kappa shape index (κ2) is 5.00. The van der Waals surface area contributed by atoms with E-state index in [2.05, 4.69) is 34.3 Å². The first-order valence-corrected chi connectivity index (χ1v) is 6.34. The van der Waals surface area contributed by atoms with Crippen LogP contribution in [0.4, 0.5) is 0 Å². The van der Waals surface area contributed by atoms with Crippen LogP contribution in [0.15, 0.2) is 12.2 Å². The van der Waals surface area contributed by atoms with Gasteiger partial charge in [0, 0.05) is 0 Å². The van der Waals surface area contributed by atoms with Crippen molar-refractivity contribution in [3.63, 3.8) is 0 Å². The molecule has 3 atom stereocenters. The molecule has 1 rings (SSSR count). The third-order valence-electron chi connectivity index (χ3n) is 4.45. The number of rotatable bonds is 5. The second-order valence-corrected chi connectivity index (χ2v) is 4.96. The second-order valence-electron chi connectivity index (χ2n) is 4.96. The zero-order valence-electron chi connectivity index (χ0n) is 10.3. The lowest BCUT2D eigenvalue weighted by Crippen LogP contribution is -2.36. The summed E-state index contributed by atoms with van der Waals surface area (Å²) in [5, 5.41) is 0. The van der Waals surface area contributed by atoms with E-state index in [1.165, 1.54) is 25.7 Å². The van der Waals surface area contributed by atoms with Gasteiger partial charge >= 0.3 is 0 Å². The zero-order chi connectivity index (χ0) is 10.7. The molecule has 0 nitrogen and oxygen atoms in total. The molecule has 0 saturated heterocycles. The van der Waals surface area contributed by atoms with Gasteiger partial charge in [-0.3, -0.25) is 0 Å². The van der Waals surface area contributed by atoms with Gasteiger partial charge in [0.2, 0.25) is 0 Å². The van der Waals surface area contributed by atoms with E-state index in [4.69, 9.17) is 0 Å². The third kappa shape index (κ3) is 2.04. The molecule has 0 aromatic carbocycles. The summed E-state index contributed by atoms with van der Waals surface area (Å²) in [7, 11) is 0. The highest BCUT2D eigenvalue weighted by Gasteiger charge is 2.38. The molecular formula is C14H26. The lowest BCUT2D eigenvalue weighted by atomic mass is 9.60. The SMILES string of the molecule is C=C(C(CC)CC)C1CC(CC)C1C. The van der Waals surface area contributed by atoms with Gasteiger partial charge in [0.25, 0.3) is 0 Å². The predicted molar refractivity (Wildman–Crippen MR) is 64.3 cm³/mol. The number of hydrogen-bond acceptors (Lipinski definition) is 0. The molecule has 0 heterocycles. The van der Waals surface area contributed by atoms with Gasteiger partial charge in [-0.25, -0.2) is 0 Å². The first-order chi connectivity index (χ1) is 6.65. The summed E-state index contributed by atoms with van der Waals surface area (Å²) in [5.41, 5.74) is 1.55. The van der Waals surface area contributed by atoms with Crippen LogP contribution in [-0.4, -0.2) is 0 Å². The molecule has 0 amide bonds. The van der Waals surface area contributed by atoms with Crippen LogP contribution in [0.25, 0.3) is 0 Å². The first kappa shape index (κ1) is 11.8. The molecule has 82 valence electrons. The molecule has 0 radical (unpaired) electrons. The monoisotopic (exact) mass is 194 g/mol. The molecule has 0 bridgehead atoms. The van der Waals surface area contributed by atoms with Gasteiger partial charge in [-0.2, -0.15) is 0 Å². The van der Waals surface area contributed by atoms with Crippen LogP contribution in [0.2, 0.25) is 0 Å². The van der Waals surface area contributed by atoms with Crippen LogP contribution in [0.3, 0.4) is 0 Å². The van der Waals surface area contributed by atoms with E-state index in [9.17, 15) is 0 Å². The maximum atomic E-state index is 4.34. The molecule has 0 heteroatoms. The van der Waals surface area contributed by atoms with E-state index >= 15 is 0 Å². The minimum Gasteiger partial charge on any atom is -0.0993 e. The van der Waals surface area contributed by atoms with Crippen molar-refractivity contribution < 1.29 is 0 Å². The summed E-state index contributed by atoms with van der Waals surface area (Å²) in [4.78, 5) is 0. The van der Waals surface area contributed by atoms with Crippen molar-refractivity contribution in [3.8, 4) is 0 Å². The Hall–Kier alpha value is -0.260. The smallest absolute Gasteiger partial charge is 0.0172 e. The highest BCUT2D eigenvalue weighted by molar-refractivity contribution is 5.12. The molecule has 1 saturated carbocycles. The molecule has 1 aliphatic carbocycles. The number of hydrogen-bond donors (Lipinski definition) is 0. The van der Waals surface area contributed by atoms with Crippen molar-refractivity contribution in [3.05, 3.63) is 12.2 Å². The van der Waals surface area contributed by atoms with Crippen molar-refractivity contribution >= 4 is 0 Å². The zero-order valence-corrected chi connectivity index (χ0v) is 10.3. The summed E-state index contributed by atoms with van der Waals surface area (Å²) in [6.45, 7) is 13.7. The van der Waals surface area contributed by atoms with Crippen LogP contribution in [0.5, 0.6) is 0 Å². The van der Waals surface area contributed by atoms with Crippen molar-refractivity contribution in [1.82, 2.24) is 0 Å². The van der Waals surface area contributed by atoms with E-state index in [0.29, 0.717) is 0 Å².